The van der Waals surface area contributed by atoms with Gasteiger partial charge in [0.2, 0.25) is 0 Å². The fourth-order valence-electron chi connectivity index (χ4n) is 4.40. The third-order valence-corrected chi connectivity index (χ3v) is 5.65. The summed E-state index contributed by atoms with van der Waals surface area (Å²) < 4.78 is 0. The van der Waals surface area contributed by atoms with Gasteiger partial charge in [-0.3, -0.25) is 4.90 Å². The first-order valence-corrected chi connectivity index (χ1v) is 8.57. The molecule has 1 aliphatic heterocycles. The maximum absolute atomic E-state index is 3.84. The third-order valence-electron chi connectivity index (χ3n) is 5.65. The molecule has 2 unspecified atom stereocenters. The monoisotopic (exact) mass is 266 g/mol. The summed E-state index contributed by atoms with van der Waals surface area (Å²) in [6.45, 7) is 13.4. The van der Waals surface area contributed by atoms with Crippen LogP contribution in [-0.2, 0) is 0 Å². The molecule has 2 aliphatic rings. The van der Waals surface area contributed by atoms with Gasteiger partial charge in [0.05, 0.1) is 0 Å². The second kappa shape index (κ2) is 6.58. The van der Waals surface area contributed by atoms with Crippen molar-refractivity contribution >= 4 is 0 Å². The number of hydrogen-bond donors (Lipinski definition) is 1. The molecule has 0 aromatic heterocycles. The maximum atomic E-state index is 3.84. The van der Waals surface area contributed by atoms with Crippen LogP contribution < -0.4 is 5.32 Å². The molecule has 1 saturated heterocycles. The lowest BCUT2D eigenvalue weighted by Gasteiger charge is -2.43. The lowest BCUT2D eigenvalue weighted by atomic mass is 9.79. The normalized spacial score (nSPS) is 36.9. The van der Waals surface area contributed by atoms with Gasteiger partial charge < -0.3 is 5.32 Å². The predicted octanol–water partition coefficient (Wildman–Crippen LogP) is 3.67. The highest BCUT2D eigenvalue weighted by molar-refractivity contribution is 4.94. The standard InChI is InChI=1S/C17H34N2/c1-5-17(6-2)13-19(9-7-8-18-17)16-11-14(3)10-15(4)12-16/h14-16,18H,5-13H2,1-4H3. The van der Waals surface area contributed by atoms with Crippen molar-refractivity contribution in [3.05, 3.63) is 0 Å². The number of nitrogens with one attached hydrogen (secondary N) is 1. The third kappa shape index (κ3) is 3.72. The first kappa shape index (κ1) is 15.3. The van der Waals surface area contributed by atoms with Crippen LogP contribution in [-0.4, -0.2) is 36.1 Å². The second-order valence-corrected chi connectivity index (χ2v) is 7.31. The number of hydrogen-bond acceptors (Lipinski definition) is 2. The van der Waals surface area contributed by atoms with Crippen molar-refractivity contribution in [1.82, 2.24) is 10.2 Å². The fraction of sp³-hybridized carbons (Fsp3) is 1.00. The van der Waals surface area contributed by atoms with Crippen LogP contribution in [0.15, 0.2) is 0 Å². The molecule has 2 fully saturated rings. The van der Waals surface area contributed by atoms with E-state index in [9.17, 15) is 0 Å². The van der Waals surface area contributed by atoms with E-state index in [4.69, 9.17) is 0 Å². The molecule has 1 aliphatic carbocycles. The second-order valence-electron chi connectivity index (χ2n) is 7.31. The van der Waals surface area contributed by atoms with E-state index in [2.05, 4.69) is 37.9 Å². The molecule has 2 nitrogen and oxygen atoms in total. The quantitative estimate of drug-likeness (QED) is 0.838. The van der Waals surface area contributed by atoms with E-state index in [0.717, 1.165) is 17.9 Å². The molecule has 0 aromatic rings. The van der Waals surface area contributed by atoms with Gasteiger partial charge in [-0.25, -0.2) is 0 Å². The smallest absolute Gasteiger partial charge is 0.0303 e. The molecule has 0 bridgehead atoms. The zero-order valence-corrected chi connectivity index (χ0v) is 13.5. The van der Waals surface area contributed by atoms with Crippen LogP contribution in [0, 0.1) is 11.8 Å². The number of nitrogens with zero attached hydrogens (tertiary/aromatic N) is 1. The lowest BCUT2D eigenvalue weighted by molar-refractivity contribution is 0.0872. The van der Waals surface area contributed by atoms with E-state index in [1.54, 1.807) is 0 Å². The Labute approximate surface area is 120 Å². The van der Waals surface area contributed by atoms with Gasteiger partial charge in [-0.2, -0.15) is 0 Å². The summed E-state index contributed by atoms with van der Waals surface area (Å²) in [6.07, 6.45) is 8.13. The van der Waals surface area contributed by atoms with Gasteiger partial charge in [-0.05, 0) is 63.5 Å². The molecule has 1 saturated carbocycles. The Morgan fingerprint density at radius 3 is 2.26 bits per heavy atom. The summed E-state index contributed by atoms with van der Waals surface area (Å²) in [7, 11) is 0. The van der Waals surface area contributed by atoms with Gasteiger partial charge in [0.25, 0.3) is 0 Å². The van der Waals surface area contributed by atoms with Gasteiger partial charge in [0, 0.05) is 18.1 Å². The minimum absolute atomic E-state index is 0.375. The van der Waals surface area contributed by atoms with Crippen LogP contribution in [0.25, 0.3) is 0 Å². The summed E-state index contributed by atoms with van der Waals surface area (Å²) in [5.74, 6) is 1.84. The van der Waals surface area contributed by atoms with Crippen molar-refractivity contribution < 1.29 is 0 Å². The highest BCUT2D eigenvalue weighted by Gasteiger charge is 2.35. The fourth-order valence-corrected chi connectivity index (χ4v) is 4.40. The first-order valence-electron chi connectivity index (χ1n) is 8.57. The first-order chi connectivity index (χ1) is 9.08. The SMILES string of the molecule is CCC1(CC)CN(C2CC(C)CC(C)C2)CCCN1. The Morgan fingerprint density at radius 2 is 1.68 bits per heavy atom. The Balaban J connectivity index is 2.05. The van der Waals surface area contributed by atoms with Crippen molar-refractivity contribution in [2.45, 2.75) is 77.8 Å². The maximum Gasteiger partial charge on any atom is 0.0303 e. The molecule has 2 rings (SSSR count). The molecule has 0 spiro atoms. The molecule has 112 valence electrons. The van der Waals surface area contributed by atoms with Crippen molar-refractivity contribution in [3.63, 3.8) is 0 Å². The molecule has 1 heterocycles. The highest BCUT2D eigenvalue weighted by Crippen LogP contribution is 2.33. The van der Waals surface area contributed by atoms with Crippen LogP contribution in [0.1, 0.15) is 66.2 Å². The predicted molar refractivity (Wildman–Crippen MR) is 83.5 cm³/mol. The zero-order valence-electron chi connectivity index (χ0n) is 13.5. The minimum Gasteiger partial charge on any atom is -0.310 e. The zero-order chi connectivity index (χ0) is 13.9. The summed E-state index contributed by atoms with van der Waals surface area (Å²) in [6, 6.07) is 0.844. The largest absolute Gasteiger partial charge is 0.310 e. The topological polar surface area (TPSA) is 15.3 Å². The molecule has 1 N–H and O–H groups in total. The summed E-state index contributed by atoms with van der Waals surface area (Å²) in [4.78, 5) is 2.83. The van der Waals surface area contributed by atoms with Crippen LogP contribution in [0.4, 0.5) is 0 Å². The lowest BCUT2D eigenvalue weighted by Crippen LogP contribution is -2.53. The molecular formula is C17H34N2. The highest BCUT2D eigenvalue weighted by atomic mass is 15.2. The van der Waals surface area contributed by atoms with Gasteiger partial charge >= 0.3 is 0 Å². The Bertz CT molecular complexity index is 262. The Kier molecular flexibility index (Phi) is 5.30. The van der Waals surface area contributed by atoms with E-state index in [0.29, 0.717) is 5.54 Å². The van der Waals surface area contributed by atoms with Crippen molar-refractivity contribution in [3.8, 4) is 0 Å². The molecule has 0 amide bonds. The average molecular weight is 266 g/mol. The molecule has 2 atom stereocenters. The van der Waals surface area contributed by atoms with Crippen molar-refractivity contribution in [1.29, 1.82) is 0 Å². The summed E-state index contributed by atoms with van der Waals surface area (Å²) in [5.41, 5.74) is 0.375. The summed E-state index contributed by atoms with van der Waals surface area (Å²) >= 11 is 0. The summed E-state index contributed by atoms with van der Waals surface area (Å²) in [5, 5.41) is 3.84. The van der Waals surface area contributed by atoms with Gasteiger partial charge in [-0.1, -0.05) is 27.7 Å². The van der Waals surface area contributed by atoms with E-state index in [1.807, 2.05) is 0 Å². The van der Waals surface area contributed by atoms with Crippen molar-refractivity contribution in [2.24, 2.45) is 11.8 Å². The van der Waals surface area contributed by atoms with E-state index < -0.39 is 0 Å². The molecule has 0 aromatic carbocycles. The Morgan fingerprint density at radius 1 is 1.05 bits per heavy atom. The van der Waals surface area contributed by atoms with Crippen molar-refractivity contribution in [2.75, 3.05) is 19.6 Å². The van der Waals surface area contributed by atoms with Crippen LogP contribution in [0.2, 0.25) is 0 Å². The van der Waals surface area contributed by atoms with E-state index >= 15 is 0 Å². The van der Waals surface area contributed by atoms with E-state index in [1.165, 1.54) is 58.2 Å². The van der Waals surface area contributed by atoms with Gasteiger partial charge in [-0.15, -0.1) is 0 Å². The molecule has 0 radical (unpaired) electrons. The van der Waals surface area contributed by atoms with E-state index in [-0.39, 0.29) is 0 Å². The minimum atomic E-state index is 0.375. The Hall–Kier alpha value is -0.0800. The number of rotatable bonds is 3. The van der Waals surface area contributed by atoms with Gasteiger partial charge in [0.15, 0.2) is 0 Å². The molecule has 2 heteroatoms. The van der Waals surface area contributed by atoms with Crippen LogP contribution >= 0.6 is 0 Å². The molecular weight excluding hydrogens is 232 g/mol. The molecule has 19 heavy (non-hydrogen) atoms. The average Bonchev–Trinajstić information content (AvgIpc) is 2.61. The van der Waals surface area contributed by atoms with Crippen LogP contribution in [0.3, 0.4) is 0 Å². The van der Waals surface area contributed by atoms with Crippen LogP contribution in [0.5, 0.6) is 0 Å². The van der Waals surface area contributed by atoms with Gasteiger partial charge in [0.1, 0.15) is 0 Å².